The van der Waals surface area contributed by atoms with Gasteiger partial charge in [0.2, 0.25) is 0 Å². The van der Waals surface area contributed by atoms with Gasteiger partial charge in [-0.25, -0.2) is 4.90 Å². The fourth-order valence-corrected chi connectivity index (χ4v) is 6.24. The van der Waals surface area contributed by atoms with Crippen molar-refractivity contribution < 1.29 is 5.11 Å². The molecule has 0 bridgehead atoms. The van der Waals surface area contributed by atoms with Gasteiger partial charge in [-0.1, -0.05) is 0 Å². The maximum absolute atomic E-state index is 10.1. The van der Waals surface area contributed by atoms with Crippen molar-refractivity contribution in [1.82, 2.24) is 34.7 Å². The van der Waals surface area contributed by atoms with Crippen LogP contribution in [0.2, 0.25) is 0 Å². The Morgan fingerprint density at radius 2 is 0.789 bits per heavy atom. The molecule has 0 atom stereocenters. The van der Waals surface area contributed by atoms with E-state index in [9.17, 15) is 5.11 Å². The van der Waals surface area contributed by atoms with Gasteiger partial charge in [0.05, 0.1) is 20.1 Å². The summed E-state index contributed by atoms with van der Waals surface area (Å²) in [5.41, 5.74) is 0. The van der Waals surface area contributed by atoms with Crippen LogP contribution >= 0.6 is 0 Å². The maximum atomic E-state index is 10.1. The lowest BCUT2D eigenvalue weighted by Gasteiger charge is -2.53. The predicted octanol–water partition coefficient (Wildman–Crippen LogP) is 4.72. The van der Waals surface area contributed by atoms with Crippen LogP contribution in [0.1, 0.15) is 111 Å². The van der Waals surface area contributed by atoms with Crippen molar-refractivity contribution in [2.24, 2.45) is 0 Å². The molecule has 0 aromatic heterocycles. The number of hydrogen-bond donors (Lipinski definition) is 2. The Hall–Kier alpha value is -0.320. The lowest BCUT2D eigenvalue weighted by molar-refractivity contribution is -0.149. The van der Waals surface area contributed by atoms with Crippen LogP contribution in [0.4, 0.5) is 0 Å². The molecule has 0 radical (unpaired) electrons. The predicted molar refractivity (Wildman–Crippen MR) is 166 cm³/mol. The van der Waals surface area contributed by atoms with Gasteiger partial charge < -0.3 is 5.11 Å². The van der Waals surface area contributed by atoms with Crippen molar-refractivity contribution in [1.29, 1.82) is 0 Å². The van der Waals surface area contributed by atoms with Gasteiger partial charge in [-0.15, -0.1) is 0 Å². The first-order valence-corrected chi connectivity index (χ1v) is 15.3. The molecular weight excluding hydrogens is 474 g/mol. The van der Waals surface area contributed by atoms with Crippen molar-refractivity contribution >= 4 is 0 Å². The molecular formula is C30H69N7O. The highest BCUT2D eigenvalue weighted by Crippen LogP contribution is 2.24. The zero-order valence-corrected chi connectivity index (χ0v) is 28.5. The third kappa shape index (κ3) is 10.9. The molecule has 0 aliphatic carbocycles. The highest BCUT2D eigenvalue weighted by Gasteiger charge is 2.39. The van der Waals surface area contributed by atoms with E-state index in [1.807, 2.05) is 11.9 Å². The third-order valence-corrected chi connectivity index (χ3v) is 7.34. The minimum atomic E-state index is 0.0214. The molecule has 38 heavy (non-hydrogen) atoms. The summed E-state index contributed by atoms with van der Waals surface area (Å²) in [6.07, 6.45) is 0.144. The fourth-order valence-electron chi connectivity index (χ4n) is 6.24. The third-order valence-electron chi connectivity index (χ3n) is 7.34. The molecule has 0 rings (SSSR count). The van der Waals surface area contributed by atoms with Crippen LogP contribution in [0.15, 0.2) is 0 Å². The quantitative estimate of drug-likeness (QED) is 0.227. The topological polar surface area (TPSA) is 51.7 Å². The SMILES string of the molecule is CC(C)N(C(C)C)C(NCN(CN(C)CO)C(N(C(C)C)C(C)C)N(C(C)C)C(C)C)N(C(C)C)C(C)C. The highest BCUT2D eigenvalue weighted by molar-refractivity contribution is 4.86. The Morgan fingerprint density at radius 3 is 1.03 bits per heavy atom. The van der Waals surface area contributed by atoms with E-state index in [2.05, 4.69) is 141 Å². The number of aliphatic hydroxyl groups is 1. The minimum Gasteiger partial charge on any atom is -0.381 e. The molecule has 0 spiro atoms. The van der Waals surface area contributed by atoms with Crippen molar-refractivity contribution in [2.75, 3.05) is 27.1 Å². The monoisotopic (exact) mass is 544 g/mol. The Kier molecular flexibility index (Phi) is 17.3. The summed E-state index contributed by atoms with van der Waals surface area (Å²) in [7, 11) is 1.99. The molecule has 0 aromatic carbocycles. The lowest BCUT2D eigenvalue weighted by atomic mass is 10.1. The van der Waals surface area contributed by atoms with Crippen molar-refractivity contribution in [3.8, 4) is 0 Å². The largest absolute Gasteiger partial charge is 0.381 e. The normalized spacial score (nSPS) is 14.1. The van der Waals surface area contributed by atoms with Crippen LogP contribution in [0.3, 0.4) is 0 Å². The van der Waals surface area contributed by atoms with Crippen LogP contribution in [-0.4, -0.2) is 123 Å². The molecule has 8 heteroatoms. The summed E-state index contributed by atoms with van der Waals surface area (Å²) < 4.78 is 0. The van der Waals surface area contributed by atoms with Crippen molar-refractivity contribution in [3.63, 3.8) is 0 Å². The van der Waals surface area contributed by atoms with Crippen LogP contribution in [0, 0.1) is 0 Å². The maximum Gasteiger partial charge on any atom is 0.122 e. The van der Waals surface area contributed by atoms with Gasteiger partial charge in [-0.3, -0.25) is 29.8 Å². The summed E-state index contributed by atoms with van der Waals surface area (Å²) in [6, 6.07) is 3.02. The minimum absolute atomic E-state index is 0.0214. The van der Waals surface area contributed by atoms with Gasteiger partial charge in [0.25, 0.3) is 0 Å². The summed E-state index contributed by atoms with van der Waals surface area (Å²) in [4.78, 5) is 14.9. The Bertz CT molecular complexity index is 537. The average Bonchev–Trinajstić information content (AvgIpc) is 2.73. The molecule has 0 aliphatic heterocycles. The first-order chi connectivity index (χ1) is 17.4. The number of aliphatic hydroxyl groups excluding tert-OH is 1. The molecule has 0 aliphatic rings. The molecule has 0 heterocycles. The summed E-state index contributed by atoms with van der Waals surface area (Å²) in [6.45, 7) is 38.1. The second-order valence-electron chi connectivity index (χ2n) is 13.3. The first kappa shape index (κ1) is 37.7. The summed E-state index contributed by atoms with van der Waals surface area (Å²) in [5, 5.41) is 14.1. The van der Waals surface area contributed by atoms with E-state index in [1.165, 1.54) is 0 Å². The standard InChI is InChI=1S/C30H69N7O/c1-21(2)34(22(3)4)29(35(23(5)6)24(7)8)31-18-33(19-32(17)20-38)30(36(25(9)10)26(11)12)37(27(13)14)28(15)16/h21-31,38H,18-20H2,1-17H3. The van der Waals surface area contributed by atoms with Gasteiger partial charge in [0, 0.05) is 48.3 Å². The number of rotatable bonds is 19. The molecule has 0 unspecified atom stereocenters. The van der Waals surface area contributed by atoms with Crippen LogP contribution in [0.5, 0.6) is 0 Å². The van der Waals surface area contributed by atoms with E-state index < -0.39 is 0 Å². The fraction of sp³-hybridized carbons (Fsp3) is 1.00. The molecule has 0 amide bonds. The second-order valence-corrected chi connectivity index (χ2v) is 13.3. The van der Waals surface area contributed by atoms with E-state index in [4.69, 9.17) is 0 Å². The number of nitrogens with zero attached hydrogens (tertiary/aromatic N) is 6. The molecule has 8 nitrogen and oxygen atoms in total. The number of nitrogens with one attached hydrogen (secondary N) is 1. The van der Waals surface area contributed by atoms with Gasteiger partial charge in [0.15, 0.2) is 0 Å². The Balaban J connectivity index is 6.86. The van der Waals surface area contributed by atoms with Crippen LogP contribution in [0.25, 0.3) is 0 Å². The molecule has 2 N–H and O–H groups in total. The molecule has 0 aromatic rings. The average molecular weight is 544 g/mol. The van der Waals surface area contributed by atoms with E-state index in [0.29, 0.717) is 61.7 Å². The van der Waals surface area contributed by atoms with Gasteiger partial charge in [-0.2, -0.15) is 0 Å². The Labute approximate surface area is 238 Å². The molecule has 230 valence electrons. The lowest BCUT2D eigenvalue weighted by Crippen LogP contribution is -2.70. The second kappa shape index (κ2) is 17.5. The van der Waals surface area contributed by atoms with Crippen LogP contribution < -0.4 is 5.32 Å². The zero-order valence-electron chi connectivity index (χ0n) is 28.5. The first-order valence-electron chi connectivity index (χ1n) is 15.3. The van der Waals surface area contributed by atoms with Gasteiger partial charge >= 0.3 is 0 Å². The van der Waals surface area contributed by atoms with E-state index >= 15 is 0 Å². The summed E-state index contributed by atoms with van der Waals surface area (Å²) in [5.74, 6) is 0. The zero-order chi connectivity index (χ0) is 30.1. The highest BCUT2D eigenvalue weighted by atomic mass is 16.3. The van der Waals surface area contributed by atoms with E-state index in [1.54, 1.807) is 0 Å². The van der Waals surface area contributed by atoms with Crippen molar-refractivity contribution in [2.45, 2.75) is 172 Å². The molecule has 0 fully saturated rings. The summed E-state index contributed by atoms with van der Waals surface area (Å²) >= 11 is 0. The smallest absolute Gasteiger partial charge is 0.122 e. The molecule has 0 saturated carbocycles. The van der Waals surface area contributed by atoms with Gasteiger partial charge in [-0.05, 0) is 118 Å². The van der Waals surface area contributed by atoms with E-state index in [-0.39, 0.29) is 19.3 Å². The molecule has 0 saturated heterocycles. The number of hydrogen-bond acceptors (Lipinski definition) is 8. The van der Waals surface area contributed by atoms with Gasteiger partial charge in [0.1, 0.15) is 12.6 Å². The Morgan fingerprint density at radius 1 is 0.500 bits per heavy atom. The van der Waals surface area contributed by atoms with E-state index in [0.717, 1.165) is 0 Å². The van der Waals surface area contributed by atoms with Crippen LogP contribution in [-0.2, 0) is 0 Å². The van der Waals surface area contributed by atoms with Crippen molar-refractivity contribution in [3.05, 3.63) is 0 Å².